The van der Waals surface area contributed by atoms with Gasteiger partial charge in [0.05, 0.1) is 23.5 Å². The zero-order valence-corrected chi connectivity index (χ0v) is 20.1. The maximum Gasteiger partial charge on any atom is 0.243 e. The molecule has 1 amide bonds. The van der Waals surface area contributed by atoms with Crippen LogP contribution in [0, 0.1) is 5.92 Å². The predicted molar refractivity (Wildman–Crippen MR) is 132 cm³/mol. The molecule has 1 aliphatic rings. The number of carbonyl (C=O) groups excluding carboxylic acids is 1. The van der Waals surface area contributed by atoms with Gasteiger partial charge in [0.1, 0.15) is 5.75 Å². The van der Waals surface area contributed by atoms with Crippen LogP contribution in [-0.4, -0.2) is 38.3 Å². The Morgan fingerprint density at radius 2 is 1.59 bits per heavy atom. The molecule has 34 heavy (non-hydrogen) atoms. The molecule has 1 heterocycles. The first-order chi connectivity index (χ1) is 16.5. The number of hydrogen-bond donors (Lipinski definition) is 1. The molecule has 4 rings (SSSR count). The molecular formula is C27H30N2O4S. The molecule has 0 aliphatic carbocycles. The molecule has 3 aromatic rings. The monoisotopic (exact) mass is 478 g/mol. The fourth-order valence-electron chi connectivity index (χ4n) is 4.30. The quantitative estimate of drug-likeness (QED) is 0.521. The molecule has 1 fully saturated rings. The lowest BCUT2D eigenvalue weighted by molar-refractivity contribution is -0.126. The van der Waals surface area contributed by atoms with Gasteiger partial charge >= 0.3 is 0 Å². The van der Waals surface area contributed by atoms with Crippen molar-refractivity contribution in [1.29, 1.82) is 0 Å². The van der Waals surface area contributed by atoms with Crippen LogP contribution >= 0.6 is 0 Å². The Kier molecular flexibility index (Phi) is 7.65. The summed E-state index contributed by atoms with van der Waals surface area (Å²) in [5.74, 6) is 0.218. The van der Waals surface area contributed by atoms with Gasteiger partial charge in [0, 0.05) is 13.1 Å². The average molecular weight is 479 g/mol. The molecule has 0 bridgehead atoms. The topological polar surface area (TPSA) is 75.7 Å². The van der Waals surface area contributed by atoms with E-state index in [-0.39, 0.29) is 23.4 Å². The number of carbonyl (C=O) groups is 1. The summed E-state index contributed by atoms with van der Waals surface area (Å²) in [5.41, 5.74) is 1.90. The first-order valence-corrected chi connectivity index (χ1v) is 13.1. The number of nitrogens with one attached hydrogen (secondary N) is 1. The van der Waals surface area contributed by atoms with Crippen molar-refractivity contribution in [3.8, 4) is 5.75 Å². The molecule has 178 valence electrons. The number of nitrogens with zero attached hydrogens (tertiary/aromatic N) is 1. The second-order valence-electron chi connectivity index (χ2n) is 8.37. The fraction of sp³-hybridized carbons (Fsp3) is 0.296. The van der Waals surface area contributed by atoms with Crippen LogP contribution in [0.25, 0.3) is 0 Å². The first-order valence-electron chi connectivity index (χ1n) is 11.6. The Morgan fingerprint density at radius 1 is 0.971 bits per heavy atom. The van der Waals surface area contributed by atoms with E-state index in [9.17, 15) is 13.2 Å². The molecule has 0 saturated carbocycles. The van der Waals surface area contributed by atoms with Crippen LogP contribution in [0.4, 0.5) is 0 Å². The number of ether oxygens (including phenoxy) is 1. The zero-order chi connectivity index (χ0) is 24.0. The van der Waals surface area contributed by atoms with Crippen LogP contribution < -0.4 is 10.1 Å². The third-order valence-electron chi connectivity index (χ3n) is 6.08. The van der Waals surface area contributed by atoms with Crippen LogP contribution in [0.15, 0.2) is 89.8 Å². The third-order valence-corrected chi connectivity index (χ3v) is 7.96. The van der Waals surface area contributed by atoms with E-state index in [1.54, 1.807) is 30.3 Å². The highest BCUT2D eigenvalue weighted by atomic mass is 32.2. The fourth-order valence-corrected chi connectivity index (χ4v) is 5.85. The molecule has 7 heteroatoms. The Hall–Kier alpha value is -3.16. The number of piperidine rings is 1. The van der Waals surface area contributed by atoms with E-state index in [0.717, 1.165) is 16.9 Å². The van der Waals surface area contributed by atoms with Crippen LogP contribution in [0.2, 0.25) is 0 Å². The molecule has 0 radical (unpaired) electrons. The van der Waals surface area contributed by atoms with Crippen LogP contribution in [0.1, 0.15) is 36.9 Å². The van der Waals surface area contributed by atoms with Gasteiger partial charge in [-0.2, -0.15) is 4.31 Å². The number of rotatable bonds is 8. The van der Waals surface area contributed by atoms with Gasteiger partial charge in [-0.3, -0.25) is 4.79 Å². The van der Waals surface area contributed by atoms with Crippen LogP contribution in [-0.2, 0) is 14.8 Å². The van der Waals surface area contributed by atoms with Crippen molar-refractivity contribution in [3.63, 3.8) is 0 Å². The Morgan fingerprint density at radius 3 is 2.24 bits per heavy atom. The molecule has 0 aromatic heterocycles. The van der Waals surface area contributed by atoms with Gasteiger partial charge in [-0.25, -0.2) is 8.42 Å². The van der Waals surface area contributed by atoms with E-state index in [1.807, 2.05) is 61.5 Å². The van der Waals surface area contributed by atoms with E-state index < -0.39 is 15.9 Å². The van der Waals surface area contributed by atoms with Crippen molar-refractivity contribution in [2.45, 2.75) is 30.7 Å². The summed E-state index contributed by atoms with van der Waals surface area (Å²) < 4.78 is 33.2. The predicted octanol–water partition coefficient (Wildman–Crippen LogP) is 4.39. The van der Waals surface area contributed by atoms with Gasteiger partial charge in [0.2, 0.25) is 15.9 Å². The van der Waals surface area contributed by atoms with Gasteiger partial charge in [-0.15, -0.1) is 0 Å². The van der Waals surface area contributed by atoms with Crippen LogP contribution in [0.5, 0.6) is 5.75 Å². The zero-order valence-electron chi connectivity index (χ0n) is 19.3. The SMILES string of the molecule is CCOc1ccc(C(NC(=O)C2CCCN(S(=O)(=O)c3ccccc3)C2)c2ccccc2)cc1. The molecule has 2 atom stereocenters. The van der Waals surface area contributed by atoms with Crippen molar-refractivity contribution in [1.82, 2.24) is 9.62 Å². The Bertz CT molecular complexity index is 1180. The maximum absolute atomic E-state index is 13.4. The van der Waals surface area contributed by atoms with Crippen molar-refractivity contribution in [3.05, 3.63) is 96.1 Å². The van der Waals surface area contributed by atoms with Gasteiger partial charge in [0.25, 0.3) is 0 Å². The number of benzene rings is 3. The maximum atomic E-state index is 13.4. The minimum atomic E-state index is -3.63. The highest BCUT2D eigenvalue weighted by Gasteiger charge is 2.34. The lowest BCUT2D eigenvalue weighted by atomic mass is 9.95. The molecule has 0 spiro atoms. The summed E-state index contributed by atoms with van der Waals surface area (Å²) in [5, 5.41) is 3.18. The van der Waals surface area contributed by atoms with Crippen molar-refractivity contribution in [2.24, 2.45) is 5.92 Å². The van der Waals surface area contributed by atoms with Gasteiger partial charge < -0.3 is 10.1 Å². The van der Waals surface area contributed by atoms with E-state index >= 15 is 0 Å². The Balaban J connectivity index is 1.53. The second kappa shape index (κ2) is 10.8. The third kappa shape index (κ3) is 5.48. The summed E-state index contributed by atoms with van der Waals surface area (Å²) in [6.07, 6.45) is 1.29. The summed E-state index contributed by atoms with van der Waals surface area (Å²) in [4.78, 5) is 13.6. The Labute approximate surface area is 201 Å². The minimum absolute atomic E-state index is 0.143. The molecule has 2 unspecified atom stereocenters. The average Bonchev–Trinajstić information content (AvgIpc) is 2.89. The van der Waals surface area contributed by atoms with Gasteiger partial charge in [-0.1, -0.05) is 60.7 Å². The summed E-state index contributed by atoms with van der Waals surface area (Å²) in [6, 6.07) is 25.5. The highest BCUT2D eigenvalue weighted by molar-refractivity contribution is 7.89. The van der Waals surface area contributed by atoms with E-state index in [1.165, 1.54) is 4.31 Å². The lowest BCUT2D eigenvalue weighted by Crippen LogP contribution is -2.46. The number of amides is 1. The molecule has 6 nitrogen and oxygen atoms in total. The normalized spacial score (nSPS) is 17.6. The van der Waals surface area contributed by atoms with Gasteiger partial charge in [-0.05, 0) is 55.2 Å². The molecule has 1 N–H and O–H groups in total. The standard InChI is InChI=1S/C27H30N2O4S/c1-2-33-24-17-15-22(16-18-24)26(21-10-5-3-6-11-21)28-27(30)23-12-9-19-29(20-23)34(31,32)25-13-7-4-8-14-25/h3-8,10-11,13-18,23,26H,2,9,12,19-20H2,1H3,(H,28,30). The van der Waals surface area contributed by atoms with E-state index in [0.29, 0.717) is 26.0 Å². The smallest absolute Gasteiger partial charge is 0.243 e. The van der Waals surface area contributed by atoms with E-state index in [2.05, 4.69) is 5.32 Å². The molecule has 3 aromatic carbocycles. The second-order valence-corrected chi connectivity index (χ2v) is 10.3. The first kappa shape index (κ1) is 24.0. The van der Waals surface area contributed by atoms with Crippen LogP contribution in [0.3, 0.4) is 0 Å². The van der Waals surface area contributed by atoms with Crippen molar-refractivity contribution >= 4 is 15.9 Å². The lowest BCUT2D eigenvalue weighted by Gasteiger charge is -2.32. The summed E-state index contributed by atoms with van der Waals surface area (Å²) in [6.45, 7) is 3.12. The molecular weight excluding hydrogens is 448 g/mol. The summed E-state index contributed by atoms with van der Waals surface area (Å²) in [7, 11) is -3.63. The van der Waals surface area contributed by atoms with Crippen molar-refractivity contribution < 1.29 is 17.9 Å². The molecule has 1 aliphatic heterocycles. The minimum Gasteiger partial charge on any atom is -0.494 e. The molecule has 1 saturated heterocycles. The summed E-state index contributed by atoms with van der Waals surface area (Å²) >= 11 is 0. The largest absolute Gasteiger partial charge is 0.494 e. The van der Waals surface area contributed by atoms with Gasteiger partial charge in [0.15, 0.2) is 0 Å². The number of hydrogen-bond acceptors (Lipinski definition) is 4. The van der Waals surface area contributed by atoms with Crippen molar-refractivity contribution in [2.75, 3.05) is 19.7 Å². The van der Waals surface area contributed by atoms with E-state index in [4.69, 9.17) is 4.74 Å². The highest BCUT2D eigenvalue weighted by Crippen LogP contribution is 2.27. The number of sulfonamides is 1.